The van der Waals surface area contributed by atoms with Gasteiger partial charge in [-0.05, 0) is 50.1 Å². The molecule has 0 amide bonds. The molecule has 1 heterocycles. The number of rotatable bonds is 3. The number of pyridine rings is 1. The molecule has 5 nitrogen and oxygen atoms in total. The number of aryl methyl sites for hydroxylation is 2. The van der Waals surface area contributed by atoms with Crippen LogP contribution in [0.25, 0.3) is 0 Å². The molecule has 112 valence electrons. The molecular weight excluding hydrogens is 310 g/mol. The lowest BCUT2D eigenvalue weighted by molar-refractivity contribution is 0.600. The maximum Gasteiger partial charge on any atom is 0.262 e. The largest absolute Gasteiger partial charge is 0.398 e. The number of nitrogens with one attached hydrogen (secondary N) is 1. The van der Waals surface area contributed by atoms with Crippen LogP contribution >= 0.6 is 11.6 Å². The molecular formula is C14H16ClN3O2S. The summed E-state index contributed by atoms with van der Waals surface area (Å²) >= 11 is 5.77. The fourth-order valence-corrected chi connectivity index (χ4v) is 3.90. The summed E-state index contributed by atoms with van der Waals surface area (Å²) in [6.07, 6.45) is 0. The van der Waals surface area contributed by atoms with Gasteiger partial charge in [0.05, 0.1) is 16.3 Å². The van der Waals surface area contributed by atoms with Crippen LogP contribution in [0.4, 0.5) is 11.4 Å². The Balaban J connectivity index is 2.51. The summed E-state index contributed by atoms with van der Waals surface area (Å²) in [6.45, 7) is 5.10. The molecule has 0 saturated heterocycles. The van der Waals surface area contributed by atoms with Crippen LogP contribution in [-0.4, -0.2) is 13.4 Å². The number of sulfonamides is 1. The highest BCUT2D eigenvalue weighted by Gasteiger charge is 2.21. The van der Waals surface area contributed by atoms with Gasteiger partial charge in [0.15, 0.2) is 0 Å². The van der Waals surface area contributed by atoms with Crippen molar-refractivity contribution in [2.45, 2.75) is 25.7 Å². The van der Waals surface area contributed by atoms with Gasteiger partial charge >= 0.3 is 0 Å². The molecule has 0 saturated carbocycles. The van der Waals surface area contributed by atoms with E-state index in [0.717, 1.165) is 0 Å². The van der Waals surface area contributed by atoms with E-state index in [4.69, 9.17) is 17.3 Å². The molecule has 0 aliphatic rings. The first-order chi connectivity index (χ1) is 9.72. The van der Waals surface area contributed by atoms with E-state index in [0.29, 0.717) is 33.3 Å². The standard InChI is InChI=1S/C14H16ClN3O2S/c1-8-4-5-11(16)9(2)14(8)21(19,20)18-12-6-7-13(15)17-10(12)3/h4-7,18H,16H2,1-3H3. The third-order valence-corrected chi connectivity index (χ3v) is 5.07. The van der Waals surface area contributed by atoms with Gasteiger partial charge in [0.1, 0.15) is 5.15 Å². The van der Waals surface area contributed by atoms with Gasteiger partial charge in [-0.25, -0.2) is 13.4 Å². The Kier molecular flexibility index (Phi) is 4.11. The first-order valence-electron chi connectivity index (χ1n) is 6.24. The van der Waals surface area contributed by atoms with Gasteiger partial charge in [0.2, 0.25) is 0 Å². The molecule has 0 spiro atoms. The van der Waals surface area contributed by atoms with Crippen molar-refractivity contribution >= 4 is 33.0 Å². The second kappa shape index (κ2) is 5.54. The van der Waals surface area contributed by atoms with E-state index in [2.05, 4.69) is 9.71 Å². The van der Waals surface area contributed by atoms with E-state index in [1.807, 2.05) is 0 Å². The predicted molar refractivity (Wildman–Crippen MR) is 85.1 cm³/mol. The van der Waals surface area contributed by atoms with E-state index >= 15 is 0 Å². The Labute approximate surface area is 129 Å². The third kappa shape index (κ3) is 3.11. The minimum Gasteiger partial charge on any atom is -0.398 e. The summed E-state index contributed by atoms with van der Waals surface area (Å²) in [7, 11) is -3.75. The third-order valence-electron chi connectivity index (χ3n) is 3.21. The van der Waals surface area contributed by atoms with Crippen molar-refractivity contribution in [3.63, 3.8) is 0 Å². The van der Waals surface area contributed by atoms with Gasteiger partial charge in [-0.15, -0.1) is 0 Å². The number of hydrogen-bond donors (Lipinski definition) is 2. The lowest BCUT2D eigenvalue weighted by Crippen LogP contribution is -2.17. The number of benzene rings is 1. The van der Waals surface area contributed by atoms with E-state index in [1.54, 1.807) is 39.0 Å². The number of nitrogen functional groups attached to an aromatic ring is 1. The molecule has 1 aromatic carbocycles. The number of anilines is 2. The molecule has 0 bridgehead atoms. The monoisotopic (exact) mass is 325 g/mol. The summed E-state index contributed by atoms with van der Waals surface area (Å²) in [5.74, 6) is 0. The number of nitrogens with zero attached hydrogens (tertiary/aromatic N) is 1. The van der Waals surface area contributed by atoms with Crippen LogP contribution in [0.1, 0.15) is 16.8 Å². The lowest BCUT2D eigenvalue weighted by atomic mass is 10.1. The maximum atomic E-state index is 12.6. The molecule has 0 radical (unpaired) electrons. The molecule has 0 atom stereocenters. The van der Waals surface area contributed by atoms with Crippen molar-refractivity contribution in [2.75, 3.05) is 10.5 Å². The van der Waals surface area contributed by atoms with Crippen molar-refractivity contribution in [2.24, 2.45) is 0 Å². The van der Waals surface area contributed by atoms with Gasteiger partial charge < -0.3 is 5.73 Å². The molecule has 0 fully saturated rings. The Morgan fingerprint density at radius 3 is 2.43 bits per heavy atom. The minimum absolute atomic E-state index is 0.192. The lowest BCUT2D eigenvalue weighted by Gasteiger charge is -2.15. The zero-order valence-electron chi connectivity index (χ0n) is 11.9. The van der Waals surface area contributed by atoms with Crippen molar-refractivity contribution in [1.82, 2.24) is 4.98 Å². The quantitative estimate of drug-likeness (QED) is 0.671. The molecule has 7 heteroatoms. The fraction of sp³-hybridized carbons (Fsp3) is 0.214. The van der Waals surface area contributed by atoms with E-state index in [9.17, 15) is 8.42 Å². The second-order valence-corrected chi connectivity index (χ2v) is 6.80. The van der Waals surface area contributed by atoms with E-state index < -0.39 is 10.0 Å². The van der Waals surface area contributed by atoms with Crippen molar-refractivity contribution in [3.8, 4) is 0 Å². The predicted octanol–water partition coefficient (Wildman–Crippen LogP) is 3.04. The summed E-state index contributed by atoms with van der Waals surface area (Å²) in [5.41, 5.74) is 8.30. The molecule has 3 N–H and O–H groups in total. The van der Waals surface area contributed by atoms with E-state index in [-0.39, 0.29) is 4.90 Å². The smallest absolute Gasteiger partial charge is 0.262 e. The van der Waals surface area contributed by atoms with Gasteiger partial charge in [0, 0.05) is 5.69 Å². The number of aromatic nitrogens is 1. The number of nitrogens with two attached hydrogens (primary N) is 1. The first kappa shape index (κ1) is 15.6. The molecule has 2 rings (SSSR count). The fourth-order valence-electron chi connectivity index (χ4n) is 2.09. The molecule has 0 unspecified atom stereocenters. The van der Waals surface area contributed by atoms with Crippen LogP contribution in [0.5, 0.6) is 0 Å². The average Bonchev–Trinajstić information content (AvgIpc) is 2.37. The van der Waals surface area contributed by atoms with Gasteiger partial charge in [-0.3, -0.25) is 4.72 Å². The van der Waals surface area contributed by atoms with Crippen molar-refractivity contribution in [1.29, 1.82) is 0 Å². The van der Waals surface area contributed by atoms with Crippen LogP contribution in [0.15, 0.2) is 29.2 Å². The topological polar surface area (TPSA) is 85.1 Å². The SMILES string of the molecule is Cc1ccc(N)c(C)c1S(=O)(=O)Nc1ccc(Cl)nc1C. The minimum atomic E-state index is -3.75. The van der Waals surface area contributed by atoms with Gasteiger partial charge in [-0.2, -0.15) is 0 Å². The summed E-state index contributed by atoms with van der Waals surface area (Å²) < 4.78 is 27.7. The maximum absolute atomic E-state index is 12.6. The van der Waals surface area contributed by atoms with Crippen LogP contribution in [0, 0.1) is 20.8 Å². The second-order valence-electron chi connectivity index (χ2n) is 4.80. The van der Waals surface area contributed by atoms with Crippen LogP contribution in [0.3, 0.4) is 0 Å². The summed E-state index contributed by atoms with van der Waals surface area (Å²) in [6, 6.07) is 6.49. The zero-order chi connectivity index (χ0) is 15.8. The highest BCUT2D eigenvalue weighted by Crippen LogP contribution is 2.27. The molecule has 2 aromatic rings. The highest BCUT2D eigenvalue weighted by molar-refractivity contribution is 7.92. The Morgan fingerprint density at radius 2 is 1.81 bits per heavy atom. The molecule has 0 aliphatic heterocycles. The number of hydrogen-bond acceptors (Lipinski definition) is 4. The zero-order valence-corrected chi connectivity index (χ0v) is 13.5. The van der Waals surface area contributed by atoms with Gasteiger partial charge in [0.25, 0.3) is 10.0 Å². The Morgan fingerprint density at radius 1 is 1.14 bits per heavy atom. The average molecular weight is 326 g/mol. The van der Waals surface area contributed by atoms with Crippen LogP contribution in [-0.2, 0) is 10.0 Å². The van der Waals surface area contributed by atoms with Crippen molar-refractivity contribution in [3.05, 3.63) is 46.2 Å². The summed E-state index contributed by atoms with van der Waals surface area (Å²) in [5, 5.41) is 0.312. The Bertz CT molecular complexity index is 804. The van der Waals surface area contributed by atoms with Crippen LogP contribution in [0.2, 0.25) is 5.15 Å². The van der Waals surface area contributed by atoms with Crippen molar-refractivity contribution < 1.29 is 8.42 Å². The van der Waals surface area contributed by atoms with Gasteiger partial charge in [-0.1, -0.05) is 17.7 Å². The molecule has 0 aliphatic carbocycles. The van der Waals surface area contributed by atoms with E-state index in [1.165, 1.54) is 6.07 Å². The van der Waals surface area contributed by atoms with Crippen LogP contribution < -0.4 is 10.5 Å². The molecule has 21 heavy (non-hydrogen) atoms. The molecule has 1 aromatic heterocycles. The first-order valence-corrected chi connectivity index (χ1v) is 8.10. The number of halogens is 1. The summed E-state index contributed by atoms with van der Waals surface area (Å²) in [4.78, 5) is 4.22. The Hall–Kier alpha value is -1.79. The highest BCUT2D eigenvalue weighted by atomic mass is 35.5. The normalized spacial score (nSPS) is 11.4.